The van der Waals surface area contributed by atoms with E-state index in [1.807, 2.05) is 32.2 Å². The van der Waals surface area contributed by atoms with Crippen LogP contribution in [0.5, 0.6) is 0 Å². The van der Waals surface area contributed by atoms with Crippen LogP contribution in [-0.2, 0) is 11.8 Å². The van der Waals surface area contributed by atoms with Gasteiger partial charge in [-0.25, -0.2) is 9.78 Å². The predicted octanol–water partition coefficient (Wildman–Crippen LogP) is 3.89. The van der Waals surface area contributed by atoms with Crippen LogP contribution in [0.2, 0.25) is 0 Å². The number of esters is 1. The molecule has 0 saturated carbocycles. The molecule has 0 unspecified atom stereocenters. The van der Waals surface area contributed by atoms with Crippen molar-refractivity contribution >= 4 is 33.7 Å². The number of nitrogens with zero attached hydrogens (tertiary/aromatic N) is 3. The molecule has 2 aromatic heterocycles. The van der Waals surface area contributed by atoms with E-state index in [1.54, 1.807) is 0 Å². The van der Waals surface area contributed by atoms with Crippen molar-refractivity contribution in [3.8, 4) is 0 Å². The molecule has 3 aromatic rings. The fraction of sp³-hybridized carbons (Fsp3) is 0.400. The Hall–Kier alpha value is -2.56. The molecule has 0 amide bonds. The van der Waals surface area contributed by atoms with Crippen LogP contribution in [0.15, 0.2) is 30.3 Å². The first-order chi connectivity index (χ1) is 12.2. The lowest BCUT2D eigenvalue weighted by molar-refractivity contribution is 0.0527. The number of aromatic nitrogens is 2. The van der Waals surface area contributed by atoms with Gasteiger partial charge in [-0.2, -0.15) is 0 Å². The van der Waals surface area contributed by atoms with Crippen molar-refractivity contribution in [2.45, 2.75) is 26.2 Å². The van der Waals surface area contributed by atoms with E-state index in [0.29, 0.717) is 12.2 Å². The van der Waals surface area contributed by atoms with Crippen LogP contribution >= 0.6 is 0 Å². The Labute approximate surface area is 147 Å². The molecule has 1 fully saturated rings. The topological polar surface area (TPSA) is 47.4 Å². The molecule has 0 aliphatic carbocycles. The standard InChI is InChI=1S/C20H23N3O2/c1-3-25-20(24)16-13-15-14-9-5-6-10-17(14)22(2)18(15)21-19(16)23-11-7-4-8-12-23/h5-6,9-10,13H,3-4,7-8,11-12H2,1-2H3. The molecule has 0 atom stereocenters. The second-order valence-electron chi connectivity index (χ2n) is 6.58. The third-order valence-electron chi connectivity index (χ3n) is 5.01. The summed E-state index contributed by atoms with van der Waals surface area (Å²) in [4.78, 5) is 19.8. The summed E-state index contributed by atoms with van der Waals surface area (Å²) in [6.07, 6.45) is 3.51. The van der Waals surface area contributed by atoms with Gasteiger partial charge in [0.05, 0.1) is 12.1 Å². The van der Waals surface area contributed by atoms with Crippen LogP contribution < -0.4 is 4.90 Å². The number of benzene rings is 1. The third kappa shape index (κ3) is 2.64. The number of ether oxygens (including phenoxy) is 1. The predicted molar refractivity (Wildman–Crippen MR) is 100 cm³/mol. The number of piperidine rings is 1. The van der Waals surface area contributed by atoms with Crippen molar-refractivity contribution in [2.24, 2.45) is 7.05 Å². The lowest BCUT2D eigenvalue weighted by Gasteiger charge is -2.29. The van der Waals surface area contributed by atoms with Crippen molar-refractivity contribution in [2.75, 3.05) is 24.6 Å². The van der Waals surface area contributed by atoms with Crippen LogP contribution in [0.3, 0.4) is 0 Å². The highest BCUT2D eigenvalue weighted by molar-refractivity contribution is 6.10. The van der Waals surface area contributed by atoms with Gasteiger partial charge in [0.1, 0.15) is 17.0 Å². The number of para-hydroxylation sites is 1. The molecule has 5 heteroatoms. The van der Waals surface area contributed by atoms with Gasteiger partial charge in [-0.3, -0.25) is 0 Å². The maximum atomic E-state index is 12.6. The van der Waals surface area contributed by atoms with Gasteiger partial charge < -0.3 is 14.2 Å². The van der Waals surface area contributed by atoms with Crippen molar-refractivity contribution < 1.29 is 9.53 Å². The molecular weight excluding hydrogens is 314 g/mol. The quantitative estimate of drug-likeness (QED) is 0.680. The van der Waals surface area contributed by atoms with E-state index in [1.165, 1.54) is 6.42 Å². The molecule has 25 heavy (non-hydrogen) atoms. The molecule has 1 aliphatic rings. The number of carbonyl (C=O) groups excluding carboxylic acids is 1. The van der Waals surface area contributed by atoms with Crippen molar-refractivity contribution in [3.63, 3.8) is 0 Å². The molecule has 1 aliphatic heterocycles. The van der Waals surface area contributed by atoms with E-state index in [2.05, 4.69) is 21.6 Å². The van der Waals surface area contributed by atoms with Gasteiger partial charge in [0.15, 0.2) is 0 Å². The fourth-order valence-corrected chi connectivity index (χ4v) is 3.76. The van der Waals surface area contributed by atoms with Gasteiger partial charge in [-0.15, -0.1) is 0 Å². The van der Waals surface area contributed by atoms with Gasteiger partial charge in [0.2, 0.25) is 0 Å². The second-order valence-corrected chi connectivity index (χ2v) is 6.58. The summed E-state index contributed by atoms with van der Waals surface area (Å²) < 4.78 is 7.42. The van der Waals surface area contributed by atoms with Crippen LogP contribution in [0, 0.1) is 0 Å². The Bertz CT molecular complexity index is 939. The lowest BCUT2D eigenvalue weighted by Crippen LogP contribution is -2.32. The molecule has 3 heterocycles. The number of hydrogen-bond donors (Lipinski definition) is 0. The molecule has 1 aromatic carbocycles. The van der Waals surface area contributed by atoms with E-state index in [-0.39, 0.29) is 5.97 Å². The highest BCUT2D eigenvalue weighted by Gasteiger charge is 2.24. The van der Waals surface area contributed by atoms with E-state index in [9.17, 15) is 4.79 Å². The van der Waals surface area contributed by atoms with Crippen molar-refractivity contribution in [1.29, 1.82) is 0 Å². The highest BCUT2D eigenvalue weighted by atomic mass is 16.5. The summed E-state index contributed by atoms with van der Waals surface area (Å²) in [7, 11) is 2.03. The monoisotopic (exact) mass is 337 g/mol. The highest BCUT2D eigenvalue weighted by Crippen LogP contribution is 2.32. The zero-order chi connectivity index (χ0) is 17.4. The Morgan fingerprint density at radius 3 is 2.68 bits per heavy atom. The third-order valence-corrected chi connectivity index (χ3v) is 5.01. The van der Waals surface area contributed by atoms with Gasteiger partial charge in [0, 0.05) is 30.9 Å². The minimum Gasteiger partial charge on any atom is -0.462 e. The van der Waals surface area contributed by atoms with Crippen LogP contribution in [0.4, 0.5) is 5.82 Å². The minimum absolute atomic E-state index is 0.287. The number of hydrogen-bond acceptors (Lipinski definition) is 4. The zero-order valence-corrected chi connectivity index (χ0v) is 14.8. The number of anilines is 1. The Balaban J connectivity index is 1.97. The summed E-state index contributed by atoms with van der Waals surface area (Å²) in [5, 5.41) is 2.12. The Morgan fingerprint density at radius 2 is 1.92 bits per heavy atom. The molecule has 1 saturated heterocycles. The van der Waals surface area contributed by atoms with E-state index in [4.69, 9.17) is 9.72 Å². The molecule has 5 nitrogen and oxygen atoms in total. The summed E-state index contributed by atoms with van der Waals surface area (Å²) in [5.41, 5.74) is 2.61. The smallest absolute Gasteiger partial charge is 0.341 e. The number of aryl methyl sites for hydroxylation is 1. The van der Waals surface area contributed by atoms with Gasteiger partial charge >= 0.3 is 5.97 Å². The first kappa shape index (κ1) is 15.9. The molecule has 0 spiro atoms. The average molecular weight is 337 g/mol. The summed E-state index contributed by atoms with van der Waals surface area (Å²) in [6, 6.07) is 10.2. The summed E-state index contributed by atoms with van der Waals surface area (Å²) in [5.74, 6) is 0.474. The SMILES string of the molecule is CCOC(=O)c1cc2c3ccccc3n(C)c2nc1N1CCCCC1. The fourth-order valence-electron chi connectivity index (χ4n) is 3.76. The Kier molecular flexibility index (Phi) is 4.07. The average Bonchev–Trinajstić information content (AvgIpc) is 2.94. The maximum Gasteiger partial charge on any atom is 0.341 e. The largest absolute Gasteiger partial charge is 0.462 e. The Morgan fingerprint density at radius 1 is 1.16 bits per heavy atom. The van der Waals surface area contributed by atoms with Crippen LogP contribution in [0.25, 0.3) is 21.9 Å². The van der Waals surface area contributed by atoms with Gasteiger partial charge in [-0.1, -0.05) is 18.2 Å². The number of pyridine rings is 1. The van der Waals surface area contributed by atoms with E-state index in [0.717, 1.165) is 53.7 Å². The first-order valence-corrected chi connectivity index (χ1v) is 9.01. The lowest BCUT2D eigenvalue weighted by atomic mass is 10.1. The number of fused-ring (bicyclic) bond motifs is 3. The summed E-state index contributed by atoms with van der Waals surface area (Å²) in [6.45, 7) is 4.08. The zero-order valence-electron chi connectivity index (χ0n) is 14.8. The second kappa shape index (κ2) is 6.39. The van der Waals surface area contributed by atoms with Crippen molar-refractivity contribution in [1.82, 2.24) is 9.55 Å². The van der Waals surface area contributed by atoms with Gasteiger partial charge in [0.25, 0.3) is 0 Å². The van der Waals surface area contributed by atoms with E-state index >= 15 is 0 Å². The molecule has 0 N–H and O–H groups in total. The molecule has 0 radical (unpaired) electrons. The molecule has 4 rings (SSSR count). The van der Waals surface area contributed by atoms with Crippen LogP contribution in [-0.4, -0.2) is 35.2 Å². The maximum absolute atomic E-state index is 12.6. The number of carbonyl (C=O) groups is 1. The molecule has 0 bridgehead atoms. The first-order valence-electron chi connectivity index (χ1n) is 9.01. The number of rotatable bonds is 3. The minimum atomic E-state index is -0.287. The summed E-state index contributed by atoms with van der Waals surface area (Å²) >= 11 is 0. The van der Waals surface area contributed by atoms with E-state index < -0.39 is 0 Å². The normalized spacial score (nSPS) is 15.0. The van der Waals surface area contributed by atoms with Gasteiger partial charge in [-0.05, 0) is 38.3 Å². The van der Waals surface area contributed by atoms with Crippen molar-refractivity contribution in [3.05, 3.63) is 35.9 Å². The van der Waals surface area contributed by atoms with Crippen LogP contribution in [0.1, 0.15) is 36.5 Å². The molecular formula is C20H23N3O2. The molecule has 130 valence electrons.